The van der Waals surface area contributed by atoms with Crippen molar-refractivity contribution >= 4 is 11.8 Å². The third-order valence-electron chi connectivity index (χ3n) is 3.88. The number of benzene rings is 1. The average molecular weight is 317 g/mol. The van der Waals surface area contributed by atoms with E-state index >= 15 is 0 Å². The second kappa shape index (κ2) is 8.67. The van der Waals surface area contributed by atoms with Crippen LogP contribution in [0.5, 0.6) is 0 Å². The molecule has 0 heterocycles. The molecule has 0 aliphatic heterocycles. The fourth-order valence-corrected chi connectivity index (χ4v) is 2.58. The number of rotatable bonds is 9. The average Bonchev–Trinajstić information content (AvgIpc) is 3.31. The van der Waals surface area contributed by atoms with E-state index in [4.69, 9.17) is 0 Å². The lowest BCUT2D eigenvalue weighted by Gasteiger charge is -2.21. The maximum Gasteiger partial charge on any atom is 0.234 e. The van der Waals surface area contributed by atoms with Crippen LogP contribution in [0.1, 0.15) is 44.2 Å². The summed E-state index contributed by atoms with van der Waals surface area (Å²) in [7, 11) is 1.80. The van der Waals surface area contributed by atoms with E-state index in [1.807, 2.05) is 30.3 Å². The topological polar surface area (TPSA) is 61.4 Å². The molecule has 23 heavy (non-hydrogen) atoms. The number of carbonyl (C=O) groups is 2. The van der Waals surface area contributed by atoms with Gasteiger partial charge in [-0.25, -0.2) is 0 Å². The van der Waals surface area contributed by atoms with Gasteiger partial charge in [0.2, 0.25) is 11.8 Å². The Morgan fingerprint density at radius 2 is 1.83 bits per heavy atom. The highest BCUT2D eigenvalue weighted by Gasteiger charge is 2.24. The van der Waals surface area contributed by atoms with E-state index in [-0.39, 0.29) is 30.9 Å². The Balaban J connectivity index is 1.79. The van der Waals surface area contributed by atoms with Crippen LogP contribution in [0.3, 0.4) is 0 Å². The largest absolute Gasteiger partial charge is 0.352 e. The van der Waals surface area contributed by atoms with Gasteiger partial charge in [0, 0.05) is 6.04 Å². The Morgan fingerprint density at radius 3 is 2.43 bits per heavy atom. The van der Waals surface area contributed by atoms with E-state index in [9.17, 15) is 9.59 Å². The number of carbonyl (C=O) groups excluding carboxylic acids is 2. The number of hydrogen-bond acceptors (Lipinski definition) is 3. The molecule has 5 heteroatoms. The van der Waals surface area contributed by atoms with Crippen molar-refractivity contribution in [3.63, 3.8) is 0 Å². The first-order chi connectivity index (χ1) is 11.1. The van der Waals surface area contributed by atoms with E-state index in [0.29, 0.717) is 6.04 Å². The Kier molecular flexibility index (Phi) is 6.59. The lowest BCUT2D eigenvalue weighted by molar-refractivity contribution is -0.125. The Morgan fingerprint density at radius 1 is 1.17 bits per heavy atom. The number of hydrogen-bond donors (Lipinski definition) is 2. The molecule has 0 bridgehead atoms. The first-order valence-electron chi connectivity index (χ1n) is 8.40. The first kappa shape index (κ1) is 17.5. The molecule has 1 saturated carbocycles. The summed E-state index contributed by atoms with van der Waals surface area (Å²) >= 11 is 0. The molecule has 2 amide bonds. The summed E-state index contributed by atoms with van der Waals surface area (Å²) in [5.74, 6) is -0.0509. The standard InChI is InChI=1S/C18H27N3O2/c1-3-7-16(14-8-5-4-6-9-14)20-18(23)13-21(2)12-17(22)19-15-10-11-15/h4-6,8-9,15-16H,3,7,10-13H2,1-2H3,(H,19,22)(H,20,23)/t16-/m0/s1. The molecule has 1 fully saturated rings. The zero-order valence-electron chi connectivity index (χ0n) is 14.0. The lowest BCUT2D eigenvalue weighted by Crippen LogP contribution is -2.42. The van der Waals surface area contributed by atoms with Crippen LogP contribution >= 0.6 is 0 Å². The minimum atomic E-state index is -0.0472. The molecule has 1 aliphatic rings. The Labute approximate surface area is 138 Å². The van der Waals surface area contributed by atoms with Crippen LogP contribution in [0.2, 0.25) is 0 Å². The van der Waals surface area contributed by atoms with Crippen molar-refractivity contribution in [2.75, 3.05) is 20.1 Å². The third kappa shape index (κ3) is 6.40. The minimum Gasteiger partial charge on any atom is -0.352 e. The Hall–Kier alpha value is -1.88. The highest BCUT2D eigenvalue weighted by atomic mass is 16.2. The molecule has 1 aliphatic carbocycles. The number of likely N-dealkylation sites (N-methyl/N-ethyl adjacent to an activating group) is 1. The maximum absolute atomic E-state index is 12.2. The van der Waals surface area contributed by atoms with Crippen molar-refractivity contribution in [3.8, 4) is 0 Å². The van der Waals surface area contributed by atoms with Gasteiger partial charge in [0.05, 0.1) is 19.1 Å². The van der Waals surface area contributed by atoms with Crippen LogP contribution in [0.4, 0.5) is 0 Å². The molecule has 1 aromatic carbocycles. The monoisotopic (exact) mass is 317 g/mol. The maximum atomic E-state index is 12.2. The fourth-order valence-electron chi connectivity index (χ4n) is 2.58. The summed E-state index contributed by atoms with van der Waals surface area (Å²) in [5, 5.41) is 6.01. The quantitative estimate of drug-likeness (QED) is 0.731. The highest BCUT2D eigenvalue weighted by molar-refractivity contribution is 5.81. The summed E-state index contributed by atoms with van der Waals surface area (Å²) in [6.45, 7) is 2.59. The predicted molar refractivity (Wildman–Crippen MR) is 90.9 cm³/mol. The van der Waals surface area contributed by atoms with Crippen molar-refractivity contribution in [3.05, 3.63) is 35.9 Å². The SMILES string of the molecule is CCC[C@H](NC(=O)CN(C)CC(=O)NC1CC1)c1ccccc1. The van der Waals surface area contributed by atoms with Gasteiger partial charge in [-0.05, 0) is 31.9 Å². The van der Waals surface area contributed by atoms with Gasteiger partial charge in [-0.1, -0.05) is 43.7 Å². The molecule has 2 rings (SSSR count). The van der Waals surface area contributed by atoms with Gasteiger partial charge in [0.15, 0.2) is 0 Å². The highest BCUT2D eigenvalue weighted by Crippen LogP contribution is 2.19. The summed E-state index contributed by atoms with van der Waals surface area (Å²) < 4.78 is 0. The summed E-state index contributed by atoms with van der Waals surface area (Å²) in [5.41, 5.74) is 1.12. The van der Waals surface area contributed by atoms with Gasteiger partial charge in [0.1, 0.15) is 0 Å². The van der Waals surface area contributed by atoms with E-state index in [0.717, 1.165) is 31.2 Å². The summed E-state index contributed by atoms with van der Waals surface area (Å²) in [6, 6.07) is 10.4. The fraction of sp³-hybridized carbons (Fsp3) is 0.556. The normalized spacial score (nSPS) is 15.3. The Bertz CT molecular complexity index is 514. The molecule has 126 valence electrons. The van der Waals surface area contributed by atoms with E-state index < -0.39 is 0 Å². The van der Waals surface area contributed by atoms with Gasteiger partial charge >= 0.3 is 0 Å². The third-order valence-corrected chi connectivity index (χ3v) is 3.88. The van der Waals surface area contributed by atoms with Crippen molar-refractivity contribution in [1.29, 1.82) is 0 Å². The first-order valence-corrected chi connectivity index (χ1v) is 8.40. The summed E-state index contributed by atoms with van der Waals surface area (Å²) in [6.07, 6.45) is 4.05. The van der Waals surface area contributed by atoms with Crippen LogP contribution in [-0.4, -0.2) is 42.9 Å². The summed E-state index contributed by atoms with van der Waals surface area (Å²) in [4.78, 5) is 25.7. The second-order valence-corrected chi connectivity index (χ2v) is 6.33. The van der Waals surface area contributed by atoms with Gasteiger partial charge in [-0.3, -0.25) is 14.5 Å². The van der Waals surface area contributed by atoms with Crippen LogP contribution in [0, 0.1) is 0 Å². The number of nitrogens with one attached hydrogen (secondary N) is 2. The van der Waals surface area contributed by atoms with Crippen LogP contribution in [-0.2, 0) is 9.59 Å². The van der Waals surface area contributed by atoms with Gasteiger partial charge in [-0.2, -0.15) is 0 Å². The van der Waals surface area contributed by atoms with Gasteiger partial charge in [0.25, 0.3) is 0 Å². The van der Waals surface area contributed by atoms with Crippen molar-refractivity contribution < 1.29 is 9.59 Å². The molecule has 0 unspecified atom stereocenters. The van der Waals surface area contributed by atoms with E-state index in [1.165, 1.54) is 0 Å². The molecule has 2 N–H and O–H groups in total. The minimum absolute atomic E-state index is 0.00373. The second-order valence-electron chi connectivity index (χ2n) is 6.33. The van der Waals surface area contributed by atoms with Crippen LogP contribution < -0.4 is 10.6 Å². The zero-order valence-corrected chi connectivity index (χ0v) is 14.0. The molecule has 0 aromatic heterocycles. The van der Waals surface area contributed by atoms with Crippen molar-refractivity contribution in [1.82, 2.24) is 15.5 Å². The van der Waals surface area contributed by atoms with Gasteiger partial charge in [-0.15, -0.1) is 0 Å². The molecule has 1 aromatic rings. The van der Waals surface area contributed by atoms with E-state index in [1.54, 1.807) is 11.9 Å². The molecule has 1 atom stereocenters. The molecule has 5 nitrogen and oxygen atoms in total. The molecule has 0 saturated heterocycles. The molecular weight excluding hydrogens is 290 g/mol. The van der Waals surface area contributed by atoms with Crippen molar-refractivity contribution in [2.24, 2.45) is 0 Å². The lowest BCUT2D eigenvalue weighted by atomic mass is 10.0. The van der Waals surface area contributed by atoms with Gasteiger partial charge < -0.3 is 10.6 Å². The predicted octanol–water partition coefficient (Wildman–Crippen LogP) is 1.85. The van der Waals surface area contributed by atoms with Crippen LogP contribution in [0.25, 0.3) is 0 Å². The molecule has 0 radical (unpaired) electrons. The van der Waals surface area contributed by atoms with Crippen LogP contribution in [0.15, 0.2) is 30.3 Å². The number of amides is 2. The number of nitrogens with zero attached hydrogens (tertiary/aromatic N) is 1. The zero-order chi connectivity index (χ0) is 16.7. The van der Waals surface area contributed by atoms with Crippen molar-refractivity contribution in [2.45, 2.75) is 44.7 Å². The smallest absolute Gasteiger partial charge is 0.234 e. The molecular formula is C18H27N3O2. The molecule has 0 spiro atoms. The van der Waals surface area contributed by atoms with E-state index in [2.05, 4.69) is 17.6 Å².